The molecule has 1 N–H and O–H groups in total. The van der Waals surface area contributed by atoms with E-state index in [1.807, 2.05) is 11.4 Å². The van der Waals surface area contributed by atoms with Crippen LogP contribution in [0, 0.1) is 5.92 Å². The minimum absolute atomic E-state index is 0.493. The SMILES string of the molecule is Clc1csc(CNC(c2ccccc2)C2CC2)c1. The molecule has 1 aromatic heterocycles. The molecule has 1 unspecified atom stereocenters. The number of nitrogens with one attached hydrogen (secondary N) is 1. The van der Waals surface area contributed by atoms with Gasteiger partial charge in [-0.15, -0.1) is 11.3 Å². The number of hydrogen-bond acceptors (Lipinski definition) is 2. The number of thiophene rings is 1. The summed E-state index contributed by atoms with van der Waals surface area (Å²) in [5.74, 6) is 0.808. The number of hydrogen-bond donors (Lipinski definition) is 1. The van der Waals surface area contributed by atoms with Crippen LogP contribution in [0.1, 0.15) is 29.3 Å². The van der Waals surface area contributed by atoms with Gasteiger partial charge in [0, 0.05) is 22.8 Å². The molecule has 1 aliphatic carbocycles. The molecule has 2 aromatic rings. The van der Waals surface area contributed by atoms with Crippen LogP contribution >= 0.6 is 22.9 Å². The third kappa shape index (κ3) is 2.94. The highest BCUT2D eigenvalue weighted by molar-refractivity contribution is 7.10. The van der Waals surface area contributed by atoms with Crippen LogP contribution in [-0.4, -0.2) is 0 Å². The summed E-state index contributed by atoms with van der Waals surface area (Å²) in [5, 5.41) is 6.52. The minimum atomic E-state index is 0.493. The molecule has 1 heterocycles. The van der Waals surface area contributed by atoms with Crippen LogP contribution in [0.4, 0.5) is 0 Å². The van der Waals surface area contributed by atoms with Gasteiger partial charge in [-0.2, -0.15) is 0 Å². The van der Waals surface area contributed by atoms with E-state index in [1.165, 1.54) is 23.3 Å². The lowest BCUT2D eigenvalue weighted by Gasteiger charge is -2.18. The van der Waals surface area contributed by atoms with Crippen molar-refractivity contribution in [1.82, 2.24) is 5.32 Å². The Morgan fingerprint density at radius 1 is 1.28 bits per heavy atom. The first-order chi connectivity index (χ1) is 8.83. The van der Waals surface area contributed by atoms with Gasteiger partial charge in [-0.05, 0) is 30.4 Å². The molecule has 1 nitrogen and oxygen atoms in total. The Hall–Kier alpha value is -0.830. The van der Waals surface area contributed by atoms with E-state index in [2.05, 4.69) is 35.6 Å². The summed E-state index contributed by atoms with van der Waals surface area (Å²) in [4.78, 5) is 1.31. The van der Waals surface area contributed by atoms with E-state index in [0.717, 1.165) is 17.5 Å². The molecule has 0 saturated heterocycles. The van der Waals surface area contributed by atoms with Crippen LogP contribution in [0.5, 0.6) is 0 Å². The van der Waals surface area contributed by atoms with E-state index in [9.17, 15) is 0 Å². The molecular formula is C15H16ClNS. The summed E-state index contributed by atoms with van der Waals surface area (Å²) in [6.45, 7) is 0.910. The molecule has 0 spiro atoms. The molecule has 1 fully saturated rings. The second kappa shape index (κ2) is 5.43. The highest BCUT2D eigenvalue weighted by Gasteiger charge is 2.31. The molecular weight excluding hydrogens is 262 g/mol. The minimum Gasteiger partial charge on any atom is -0.305 e. The lowest BCUT2D eigenvalue weighted by Crippen LogP contribution is -2.22. The molecule has 3 heteroatoms. The fourth-order valence-electron chi connectivity index (χ4n) is 2.30. The normalized spacial score (nSPS) is 16.7. The number of rotatable bonds is 5. The van der Waals surface area contributed by atoms with Crippen molar-refractivity contribution in [2.75, 3.05) is 0 Å². The summed E-state index contributed by atoms with van der Waals surface area (Å²) >= 11 is 7.67. The summed E-state index contributed by atoms with van der Waals surface area (Å²) < 4.78 is 0. The number of benzene rings is 1. The standard InChI is InChI=1S/C15H16ClNS/c16-13-8-14(18-10-13)9-17-15(12-6-7-12)11-4-2-1-3-5-11/h1-5,8,10,12,15,17H,6-7,9H2. The average Bonchev–Trinajstić information content (AvgIpc) is 3.14. The maximum absolute atomic E-state index is 5.95. The molecule has 0 aliphatic heterocycles. The first-order valence-electron chi connectivity index (χ1n) is 6.34. The fourth-order valence-corrected chi connectivity index (χ4v) is 3.33. The Bertz CT molecular complexity index is 504. The van der Waals surface area contributed by atoms with Gasteiger partial charge < -0.3 is 5.32 Å². The summed E-state index contributed by atoms with van der Waals surface area (Å²) in [6.07, 6.45) is 2.69. The van der Waals surface area contributed by atoms with E-state index < -0.39 is 0 Å². The van der Waals surface area contributed by atoms with Gasteiger partial charge in [0.2, 0.25) is 0 Å². The van der Waals surface area contributed by atoms with Gasteiger partial charge in [-0.25, -0.2) is 0 Å². The van der Waals surface area contributed by atoms with Gasteiger partial charge in [0.15, 0.2) is 0 Å². The predicted octanol–water partition coefficient (Wildman–Crippen LogP) is 4.64. The Labute approximate surface area is 117 Å². The Morgan fingerprint density at radius 3 is 2.67 bits per heavy atom. The Balaban J connectivity index is 1.68. The lowest BCUT2D eigenvalue weighted by atomic mass is 10.0. The van der Waals surface area contributed by atoms with Crippen molar-refractivity contribution >= 4 is 22.9 Å². The first-order valence-corrected chi connectivity index (χ1v) is 7.60. The van der Waals surface area contributed by atoms with Crippen LogP contribution in [0.2, 0.25) is 5.02 Å². The lowest BCUT2D eigenvalue weighted by molar-refractivity contribution is 0.483. The Kier molecular flexibility index (Phi) is 3.69. The van der Waals surface area contributed by atoms with Crippen LogP contribution in [0.25, 0.3) is 0 Å². The molecule has 94 valence electrons. The van der Waals surface area contributed by atoms with Gasteiger partial charge in [0.1, 0.15) is 0 Å². The number of halogens is 1. The molecule has 18 heavy (non-hydrogen) atoms. The zero-order valence-corrected chi connectivity index (χ0v) is 11.7. The monoisotopic (exact) mass is 277 g/mol. The van der Waals surface area contributed by atoms with Crippen molar-refractivity contribution in [1.29, 1.82) is 0 Å². The first kappa shape index (κ1) is 12.2. The molecule has 0 bridgehead atoms. The quantitative estimate of drug-likeness (QED) is 0.839. The maximum Gasteiger partial charge on any atom is 0.0516 e. The largest absolute Gasteiger partial charge is 0.305 e. The molecule has 1 atom stereocenters. The highest BCUT2D eigenvalue weighted by Crippen LogP contribution is 2.41. The van der Waals surface area contributed by atoms with Crippen molar-refractivity contribution in [3.63, 3.8) is 0 Å². The molecule has 3 rings (SSSR count). The zero-order valence-electron chi connectivity index (χ0n) is 10.1. The van der Waals surface area contributed by atoms with Gasteiger partial charge >= 0.3 is 0 Å². The summed E-state index contributed by atoms with van der Waals surface area (Å²) in [5.41, 5.74) is 1.41. The average molecular weight is 278 g/mol. The third-order valence-electron chi connectivity index (χ3n) is 3.37. The second-order valence-corrected chi connectivity index (χ2v) is 6.27. The molecule has 1 aromatic carbocycles. The molecule has 0 amide bonds. The van der Waals surface area contributed by atoms with Crippen LogP contribution in [0.15, 0.2) is 41.8 Å². The van der Waals surface area contributed by atoms with Crippen molar-refractivity contribution in [3.05, 3.63) is 57.2 Å². The molecule has 1 aliphatic rings. The third-order valence-corrected chi connectivity index (χ3v) is 4.65. The van der Waals surface area contributed by atoms with Crippen LogP contribution in [-0.2, 0) is 6.54 Å². The zero-order chi connectivity index (χ0) is 12.4. The summed E-state index contributed by atoms with van der Waals surface area (Å²) in [6, 6.07) is 13.3. The molecule has 1 saturated carbocycles. The summed E-state index contributed by atoms with van der Waals surface area (Å²) in [7, 11) is 0. The smallest absolute Gasteiger partial charge is 0.0516 e. The van der Waals surface area contributed by atoms with Crippen LogP contribution in [0.3, 0.4) is 0 Å². The van der Waals surface area contributed by atoms with E-state index in [0.29, 0.717) is 6.04 Å². The van der Waals surface area contributed by atoms with Gasteiger partial charge in [-0.3, -0.25) is 0 Å². The van der Waals surface area contributed by atoms with E-state index in [1.54, 1.807) is 11.3 Å². The van der Waals surface area contributed by atoms with E-state index in [-0.39, 0.29) is 0 Å². The van der Waals surface area contributed by atoms with Crippen molar-refractivity contribution in [2.24, 2.45) is 5.92 Å². The highest BCUT2D eigenvalue weighted by atomic mass is 35.5. The topological polar surface area (TPSA) is 12.0 Å². The fraction of sp³-hybridized carbons (Fsp3) is 0.333. The van der Waals surface area contributed by atoms with Crippen LogP contribution < -0.4 is 5.32 Å². The van der Waals surface area contributed by atoms with E-state index in [4.69, 9.17) is 11.6 Å². The van der Waals surface area contributed by atoms with Crippen molar-refractivity contribution < 1.29 is 0 Å². The van der Waals surface area contributed by atoms with Gasteiger partial charge in [-0.1, -0.05) is 41.9 Å². The van der Waals surface area contributed by atoms with E-state index >= 15 is 0 Å². The molecule has 0 radical (unpaired) electrons. The van der Waals surface area contributed by atoms with Gasteiger partial charge in [0.25, 0.3) is 0 Å². The van der Waals surface area contributed by atoms with Gasteiger partial charge in [0.05, 0.1) is 5.02 Å². The maximum atomic E-state index is 5.95. The predicted molar refractivity (Wildman–Crippen MR) is 78.1 cm³/mol. The Morgan fingerprint density at radius 2 is 2.06 bits per heavy atom. The van der Waals surface area contributed by atoms with Crippen molar-refractivity contribution in [3.8, 4) is 0 Å². The van der Waals surface area contributed by atoms with Crippen molar-refractivity contribution in [2.45, 2.75) is 25.4 Å². The second-order valence-electron chi connectivity index (χ2n) is 4.84.